The van der Waals surface area contributed by atoms with Crippen molar-refractivity contribution in [2.75, 3.05) is 37.0 Å². The Labute approximate surface area is 119 Å². The molecule has 0 bridgehead atoms. The third kappa shape index (κ3) is 4.09. The Morgan fingerprint density at radius 2 is 2.20 bits per heavy atom. The van der Waals surface area contributed by atoms with E-state index in [2.05, 4.69) is 20.5 Å². The van der Waals surface area contributed by atoms with Crippen LogP contribution in [0.15, 0.2) is 18.3 Å². The van der Waals surface area contributed by atoms with E-state index in [1.807, 2.05) is 19.1 Å². The monoisotopic (exact) mass is 278 g/mol. The van der Waals surface area contributed by atoms with Crippen molar-refractivity contribution in [2.45, 2.75) is 25.8 Å². The molecule has 0 aliphatic carbocycles. The molecule has 0 aromatic carbocycles. The highest BCUT2D eigenvalue weighted by Gasteiger charge is 2.13. The van der Waals surface area contributed by atoms with Gasteiger partial charge in [0.2, 0.25) is 0 Å². The van der Waals surface area contributed by atoms with Crippen LogP contribution >= 0.6 is 0 Å². The summed E-state index contributed by atoms with van der Waals surface area (Å²) in [4.78, 5) is 18.4. The largest absolute Gasteiger partial charge is 0.383 e. The highest BCUT2D eigenvalue weighted by atomic mass is 16.5. The standard InChI is InChI=1S/C14H22N4O2/c1-11(10-20-2)16-14(19)17-12-5-6-13(15-9-12)18-7-3-4-8-18/h5-6,9,11H,3-4,7-8,10H2,1-2H3,(H2,16,17,19)/t11-/m0/s1. The van der Waals surface area contributed by atoms with E-state index >= 15 is 0 Å². The maximum Gasteiger partial charge on any atom is 0.319 e. The van der Waals surface area contributed by atoms with Gasteiger partial charge in [0.1, 0.15) is 5.82 Å². The van der Waals surface area contributed by atoms with Crippen LogP contribution in [0.1, 0.15) is 19.8 Å². The summed E-state index contributed by atoms with van der Waals surface area (Å²) in [5, 5.41) is 5.55. The second kappa shape index (κ2) is 7.09. The van der Waals surface area contributed by atoms with Crippen molar-refractivity contribution in [3.63, 3.8) is 0 Å². The molecule has 1 saturated heterocycles. The minimum atomic E-state index is -0.245. The molecule has 20 heavy (non-hydrogen) atoms. The maximum absolute atomic E-state index is 11.7. The van der Waals surface area contributed by atoms with E-state index in [1.165, 1.54) is 12.8 Å². The fourth-order valence-corrected chi connectivity index (χ4v) is 2.28. The summed E-state index contributed by atoms with van der Waals surface area (Å²) in [6, 6.07) is 3.54. The summed E-state index contributed by atoms with van der Waals surface area (Å²) in [5.41, 5.74) is 0.690. The van der Waals surface area contributed by atoms with Gasteiger partial charge in [-0.3, -0.25) is 0 Å². The number of hydrogen-bond donors (Lipinski definition) is 2. The molecule has 2 N–H and O–H groups in total. The van der Waals surface area contributed by atoms with Gasteiger partial charge in [-0.2, -0.15) is 0 Å². The number of aromatic nitrogens is 1. The molecule has 1 fully saturated rings. The Bertz CT molecular complexity index is 429. The number of rotatable bonds is 5. The summed E-state index contributed by atoms with van der Waals surface area (Å²) in [6.07, 6.45) is 4.14. The summed E-state index contributed by atoms with van der Waals surface area (Å²) in [5.74, 6) is 0.973. The van der Waals surface area contributed by atoms with Crippen LogP contribution < -0.4 is 15.5 Å². The average molecular weight is 278 g/mol. The van der Waals surface area contributed by atoms with E-state index in [4.69, 9.17) is 4.74 Å². The Kier molecular flexibility index (Phi) is 5.17. The molecular weight excluding hydrogens is 256 g/mol. The maximum atomic E-state index is 11.7. The molecular formula is C14H22N4O2. The zero-order valence-electron chi connectivity index (χ0n) is 12.1. The fraction of sp³-hybridized carbons (Fsp3) is 0.571. The normalized spacial score (nSPS) is 16.0. The molecule has 2 amide bonds. The number of anilines is 2. The molecule has 110 valence electrons. The molecule has 2 heterocycles. The number of carbonyl (C=O) groups excluding carboxylic acids is 1. The number of urea groups is 1. The van der Waals surface area contributed by atoms with Crippen LogP contribution in [0.25, 0.3) is 0 Å². The van der Waals surface area contributed by atoms with Gasteiger partial charge in [0, 0.05) is 20.2 Å². The lowest BCUT2D eigenvalue weighted by Crippen LogP contribution is -2.38. The van der Waals surface area contributed by atoms with E-state index in [1.54, 1.807) is 13.3 Å². The van der Waals surface area contributed by atoms with Gasteiger partial charge in [0.25, 0.3) is 0 Å². The van der Waals surface area contributed by atoms with Crippen LogP contribution in [0.5, 0.6) is 0 Å². The summed E-state index contributed by atoms with van der Waals surface area (Å²) in [6.45, 7) is 4.50. The van der Waals surface area contributed by atoms with Gasteiger partial charge in [-0.15, -0.1) is 0 Å². The van der Waals surface area contributed by atoms with Gasteiger partial charge in [0.15, 0.2) is 0 Å². The number of nitrogens with zero attached hydrogens (tertiary/aromatic N) is 2. The molecule has 1 aromatic heterocycles. The van der Waals surface area contributed by atoms with Crippen molar-refractivity contribution < 1.29 is 9.53 Å². The van der Waals surface area contributed by atoms with Crippen molar-refractivity contribution in [3.8, 4) is 0 Å². The van der Waals surface area contributed by atoms with E-state index in [9.17, 15) is 4.79 Å². The average Bonchev–Trinajstić information content (AvgIpc) is 2.93. The molecule has 0 saturated carbocycles. The van der Waals surface area contributed by atoms with Crippen LogP contribution in [0.4, 0.5) is 16.3 Å². The first-order valence-electron chi connectivity index (χ1n) is 6.96. The van der Waals surface area contributed by atoms with Crippen LogP contribution in [0.3, 0.4) is 0 Å². The number of pyridine rings is 1. The molecule has 0 radical (unpaired) electrons. The predicted octanol–water partition coefficient (Wildman–Crippen LogP) is 1.84. The first-order valence-corrected chi connectivity index (χ1v) is 6.96. The molecule has 1 atom stereocenters. The Morgan fingerprint density at radius 1 is 1.45 bits per heavy atom. The zero-order chi connectivity index (χ0) is 14.4. The molecule has 6 heteroatoms. The SMILES string of the molecule is COC[C@H](C)NC(=O)Nc1ccc(N2CCCC2)nc1. The van der Waals surface area contributed by atoms with Gasteiger partial charge in [-0.1, -0.05) is 0 Å². The number of nitrogens with one attached hydrogen (secondary N) is 2. The van der Waals surface area contributed by atoms with Gasteiger partial charge < -0.3 is 20.3 Å². The fourth-order valence-electron chi connectivity index (χ4n) is 2.28. The number of ether oxygens (including phenoxy) is 1. The second-order valence-electron chi connectivity index (χ2n) is 5.05. The zero-order valence-corrected chi connectivity index (χ0v) is 12.1. The van der Waals surface area contributed by atoms with Gasteiger partial charge in [-0.25, -0.2) is 9.78 Å². The Hall–Kier alpha value is -1.82. The molecule has 6 nitrogen and oxygen atoms in total. The Balaban J connectivity index is 1.85. The molecule has 0 spiro atoms. The van der Waals surface area contributed by atoms with Crippen LogP contribution in [0.2, 0.25) is 0 Å². The van der Waals surface area contributed by atoms with Gasteiger partial charge >= 0.3 is 6.03 Å². The first kappa shape index (κ1) is 14.6. The minimum Gasteiger partial charge on any atom is -0.383 e. The number of amides is 2. The van der Waals surface area contributed by atoms with E-state index in [0.717, 1.165) is 18.9 Å². The van der Waals surface area contributed by atoms with E-state index in [-0.39, 0.29) is 12.1 Å². The second-order valence-corrected chi connectivity index (χ2v) is 5.05. The Morgan fingerprint density at radius 3 is 2.80 bits per heavy atom. The smallest absolute Gasteiger partial charge is 0.319 e. The van der Waals surface area contributed by atoms with Gasteiger partial charge in [-0.05, 0) is 31.9 Å². The molecule has 1 aliphatic heterocycles. The van der Waals surface area contributed by atoms with Crippen molar-refractivity contribution in [1.82, 2.24) is 10.3 Å². The van der Waals surface area contributed by atoms with Crippen LogP contribution in [0, 0.1) is 0 Å². The van der Waals surface area contributed by atoms with E-state index in [0.29, 0.717) is 12.3 Å². The summed E-state index contributed by atoms with van der Waals surface area (Å²) >= 11 is 0. The quantitative estimate of drug-likeness (QED) is 0.862. The molecule has 0 unspecified atom stereocenters. The third-order valence-corrected chi connectivity index (χ3v) is 3.23. The summed E-state index contributed by atoms with van der Waals surface area (Å²) < 4.78 is 4.97. The molecule has 2 rings (SSSR count). The topological polar surface area (TPSA) is 66.5 Å². The van der Waals surface area contributed by atoms with Gasteiger partial charge in [0.05, 0.1) is 24.5 Å². The minimum absolute atomic E-state index is 0.0307. The molecule has 1 aromatic rings. The lowest BCUT2D eigenvalue weighted by atomic mass is 10.3. The van der Waals surface area contributed by atoms with Crippen molar-refractivity contribution in [3.05, 3.63) is 18.3 Å². The predicted molar refractivity (Wildman–Crippen MR) is 79.2 cm³/mol. The van der Waals surface area contributed by atoms with Crippen molar-refractivity contribution >= 4 is 17.5 Å². The number of hydrogen-bond acceptors (Lipinski definition) is 4. The van der Waals surface area contributed by atoms with Crippen LogP contribution in [-0.2, 0) is 4.74 Å². The summed E-state index contributed by atoms with van der Waals surface area (Å²) in [7, 11) is 1.61. The van der Waals surface area contributed by atoms with Crippen molar-refractivity contribution in [2.24, 2.45) is 0 Å². The first-order chi connectivity index (χ1) is 9.69. The molecule has 1 aliphatic rings. The highest BCUT2D eigenvalue weighted by Crippen LogP contribution is 2.18. The highest BCUT2D eigenvalue weighted by molar-refractivity contribution is 5.89. The lowest BCUT2D eigenvalue weighted by Gasteiger charge is -2.17. The third-order valence-electron chi connectivity index (χ3n) is 3.23. The van der Waals surface area contributed by atoms with E-state index < -0.39 is 0 Å². The lowest BCUT2D eigenvalue weighted by molar-refractivity contribution is 0.173. The number of methoxy groups -OCH3 is 1. The number of carbonyl (C=O) groups is 1. The van der Waals surface area contributed by atoms with Crippen LogP contribution in [-0.4, -0.2) is 43.9 Å². The van der Waals surface area contributed by atoms with Crippen molar-refractivity contribution in [1.29, 1.82) is 0 Å².